The smallest absolute Gasteiger partial charge is 0.101 e. The monoisotopic (exact) mass is 632 g/mol. The van der Waals surface area contributed by atoms with Crippen molar-refractivity contribution in [1.29, 1.82) is 0 Å². The fourth-order valence-electron chi connectivity index (χ4n) is 5.64. The number of hydrogen-bond donors (Lipinski definition) is 0. The standard InChI is InChI=1S/C42H38N2P2/c1-7-19-35(20-8-1)41(43-31-33-45(37-23-11-3-12-24-37)38-25-13-4-14-26-38)42(36-21-9-2-10-22-36)44-32-34-46(39-27-15-5-16-28-39)40-29-17-6-18-30-40/h1-32,41-42H,33-34H2. The molecule has 0 spiro atoms. The van der Waals surface area contributed by atoms with E-state index in [1.165, 1.54) is 32.3 Å². The van der Waals surface area contributed by atoms with E-state index in [4.69, 9.17) is 9.98 Å². The van der Waals surface area contributed by atoms with Crippen molar-refractivity contribution in [3.05, 3.63) is 193 Å². The van der Waals surface area contributed by atoms with E-state index in [0.717, 1.165) is 12.3 Å². The molecule has 0 aromatic heterocycles. The summed E-state index contributed by atoms with van der Waals surface area (Å²) in [6, 6.07) is 64.4. The van der Waals surface area contributed by atoms with Crippen LogP contribution in [0.3, 0.4) is 0 Å². The van der Waals surface area contributed by atoms with Crippen LogP contribution < -0.4 is 21.2 Å². The minimum Gasteiger partial charge on any atom is -0.286 e. The lowest BCUT2D eigenvalue weighted by molar-refractivity contribution is 0.583. The lowest BCUT2D eigenvalue weighted by atomic mass is 9.94. The number of hydrogen-bond acceptors (Lipinski definition) is 2. The van der Waals surface area contributed by atoms with Crippen LogP contribution in [0.25, 0.3) is 0 Å². The van der Waals surface area contributed by atoms with Gasteiger partial charge in [-0.25, -0.2) is 0 Å². The lowest BCUT2D eigenvalue weighted by Crippen LogP contribution is -2.16. The first-order valence-corrected chi connectivity index (χ1v) is 18.8. The average molecular weight is 633 g/mol. The highest BCUT2D eigenvalue weighted by Gasteiger charge is 2.24. The van der Waals surface area contributed by atoms with Gasteiger partial charge in [0.2, 0.25) is 0 Å². The largest absolute Gasteiger partial charge is 0.286 e. The molecule has 0 saturated carbocycles. The zero-order valence-electron chi connectivity index (χ0n) is 25.8. The van der Waals surface area contributed by atoms with Crippen molar-refractivity contribution in [3.63, 3.8) is 0 Å². The van der Waals surface area contributed by atoms with Crippen LogP contribution in [0, 0.1) is 0 Å². The van der Waals surface area contributed by atoms with E-state index in [9.17, 15) is 0 Å². The number of benzene rings is 6. The highest BCUT2D eigenvalue weighted by molar-refractivity contribution is 7.74. The van der Waals surface area contributed by atoms with Crippen LogP contribution in [-0.2, 0) is 0 Å². The maximum atomic E-state index is 5.36. The Bertz CT molecular complexity index is 1560. The molecule has 226 valence electrons. The topological polar surface area (TPSA) is 24.7 Å². The molecule has 0 aliphatic carbocycles. The molecule has 0 N–H and O–H groups in total. The third-order valence-corrected chi connectivity index (χ3v) is 12.7. The molecule has 0 amide bonds. The Labute approximate surface area is 276 Å². The molecule has 2 unspecified atom stereocenters. The normalized spacial score (nSPS) is 13.0. The van der Waals surface area contributed by atoms with Crippen molar-refractivity contribution in [1.82, 2.24) is 0 Å². The molecule has 0 heterocycles. The molecule has 0 bridgehead atoms. The van der Waals surface area contributed by atoms with Crippen molar-refractivity contribution in [2.45, 2.75) is 12.1 Å². The van der Waals surface area contributed by atoms with Crippen molar-refractivity contribution in [3.8, 4) is 0 Å². The summed E-state index contributed by atoms with van der Waals surface area (Å²) in [6.07, 6.45) is 6.06. The molecule has 6 aromatic carbocycles. The van der Waals surface area contributed by atoms with E-state index in [2.05, 4.69) is 194 Å². The highest BCUT2D eigenvalue weighted by Crippen LogP contribution is 2.38. The Balaban J connectivity index is 1.34. The van der Waals surface area contributed by atoms with Gasteiger partial charge >= 0.3 is 0 Å². The third kappa shape index (κ3) is 8.41. The van der Waals surface area contributed by atoms with Gasteiger partial charge in [0, 0.05) is 24.8 Å². The van der Waals surface area contributed by atoms with Gasteiger partial charge in [-0.2, -0.15) is 0 Å². The maximum Gasteiger partial charge on any atom is 0.101 e. The molecule has 0 saturated heterocycles. The van der Waals surface area contributed by atoms with Crippen molar-refractivity contribution < 1.29 is 0 Å². The maximum absolute atomic E-state index is 5.36. The van der Waals surface area contributed by atoms with Gasteiger partial charge in [0.15, 0.2) is 0 Å². The predicted octanol–water partition coefficient (Wildman–Crippen LogP) is 8.88. The Kier molecular flexibility index (Phi) is 11.5. The number of nitrogens with zero attached hydrogens (tertiary/aromatic N) is 2. The molecule has 6 rings (SSSR count). The van der Waals surface area contributed by atoms with E-state index >= 15 is 0 Å². The highest BCUT2D eigenvalue weighted by atomic mass is 31.1. The summed E-state index contributed by atoms with van der Waals surface area (Å²) in [7, 11) is -1.16. The van der Waals surface area contributed by atoms with Gasteiger partial charge in [0.25, 0.3) is 0 Å². The third-order valence-electron chi connectivity index (χ3n) is 7.91. The van der Waals surface area contributed by atoms with Crippen molar-refractivity contribution in [2.24, 2.45) is 9.98 Å². The molecule has 4 heteroatoms. The summed E-state index contributed by atoms with van der Waals surface area (Å²) in [6.45, 7) is 0. The van der Waals surface area contributed by atoms with Gasteiger partial charge in [-0.15, -0.1) is 0 Å². The summed E-state index contributed by atoms with van der Waals surface area (Å²) in [4.78, 5) is 10.7. The van der Waals surface area contributed by atoms with Crippen LogP contribution in [0.15, 0.2) is 192 Å². The second kappa shape index (κ2) is 16.7. The summed E-state index contributed by atoms with van der Waals surface area (Å²) < 4.78 is 0. The summed E-state index contributed by atoms with van der Waals surface area (Å²) in [5.74, 6) is 0. The first kappa shape index (κ1) is 31.5. The average Bonchev–Trinajstić information content (AvgIpc) is 3.14. The Morgan fingerprint density at radius 3 is 0.848 bits per heavy atom. The van der Waals surface area contributed by atoms with Gasteiger partial charge < -0.3 is 0 Å². The van der Waals surface area contributed by atoms with Crippen molar-refractivity contribution in [2.75, 3.05) is 12.3 Å². The first-order chi connectivity index (χ1) is 22.9. The second-order valence-electron chi connectivity index (χ2n) is 10.9. The summed E-state index contributed by atoms with van der Waals surface area (Å²) in [5, 5.41) is 5.44. The molecule has 46 heavy (non-hydrogen) atoms. The van der Waals surface area contributed by atoms with Gasteiger partial charge in [-0.05, 0) is 48.2 Å². The summed E-state index contributed by atoms with van der Waals surface area (Å²) in [5.41, 5.74) is 2.34. The van der Waals surface area contributed by atoms with Crippen LogP contribution in [0.1, 0.15) is 23.2 Å². The van der Waals surface area contributed by atoms with Gasteiger partial charge in [-0.1, -0.05) is 182 Å². The van der Waals surface area contributed by atoms with Crippen LogP contribution in [0.4, 0.5) is 0 Å². The molecule has 2 atom stereocenters. The molecule has 0 fully saturated rings. The number of aliphatic imine (C=N–C) groups is 2. The van der Waals surface area contributed by atoms with Crippen LogP contribution >= 0.6 is 15.8 Å². The lowest BCUT2D eigenvalue weighted by Gasteiger charge is -2.23. The summed E-state index contributed by atoms with van der Waals surface area (Å²) >= 11 is 0. The second-order valence-corrected chi connectivity index (χ2v) is 15.4. The van der Waals surface area contributed by atoms with Gasteiger partial charge in [-0.3, -0.25) is 9.98 Å². The van der Waals surface area contributed by atoms with Crippen LogP contribution in [-0.4, -0.2) is 24.8 Å². The van der Waals surface area contributed by atoms with Gasteiger partial charge in [0.1, 0.15) is 12.1 Å². The molecular formula is C42H38N2P2. The zero-order valence-corrected chi connectivity index (χ0v) is 27.6. The Morgan fingerprint density at radius 2 is 0.587 bits per heavy atom. The van der Waals surface area contributed by atoms with E-state index in [0.29, 0.717) is 0 Å². The molecule has 0 aliphatic rings. The van der Waals surface area contributed by atoms with Gasteiger partial charge in [0.05, 0.1) is 0 Å². The van der Waals surface area contributed by atoms with Crippen molar-refractivity contribution >= 4 is 49.5 Å². The first-order valence-electron chi connectivity index (χ1n) is 15.8. The van der Waals surface area contributed by atoms with E-state index in [1.54, 1.807) is 0 Å². The predicted molar refractivity (Wildman–Crippen MR) is 203 cm³/mol. The van der Waals surface area contributed by atoms with E-state index in [-0.39, 0.29) is 12.1 Å². The van der Waals surface area contributed by atoms with E-state index in [1.807, 2.05) is 0 Å². The zero-order chi connectivity index (χ0) is 31.2. The minimum absolute atomic E-state index is 0.150. The quantitative estimate of drug-likeness (QED) is 0.0898. The molecular weight excluding hydrogens is 594 g/mol. The fourth-order valence-corrected chi connectivity index (χ4v) is 9.72. The van der Waals surface area contributed by atoms with Crippen LogP contribution in [0.2, 0.25) is 0 Å². The Hall–Kier alpha value is -4.48. The SMILES string of the molecule is C(CP(c1ccccc1)c1ccccc1)=NC(c1ccccc1)C(N=CCP(c1ccccc1)c1ccccc1)c1ccccc1. The molecule has 2 nitrogen and oxygen atoms in total. The Morgan fingerprint density at radius 1 is 0.348 bits per heavy atom. The molecule has 0 aliphatic heterocycles. The van der Waals surface area contributed by atoms with E-state index < -0.39 is 15.8 Å². The fraction of sp³-hybridized carbons (Fsp3) is 0.0952. The minimum atomic E-state index is -0.580. The van der Waals surface area contributed by atoms with Crippen LogP contribution in [0.5, 0.6) is 0 Å². The number of rotatable bonds is 13. The molecule has 0 radical (unpaired) electrons. The molecule has 6 aromatic rings.